The summed E-state index contributed by atoms with van der Waals surface area (Å²) >= 11 is 0. The van der Waals surface area contributed by atoms with Crippen LogP contribution in [0.3, 0.4) is 0 Å². The Morgan fingerprint density at radius 1 is 1.14 bits per heavy atom. The first-order chi connectivity index (χ1) is 13.7. The van der Waals surface area contributed by atoms with Crippen molar-refractivity contribution in [2.75, 3.05) is 13.1 Å². The van der Waals surface area contributed by atoms with Crippen molar-refractivity contribution in [3.05, 3.63) is 78.4 Å². The maximum absolute atomic E-state index is 13.5. The molecule has 0 N–H and O–H groups in total. The van der Waals surface area contributed by atoms with Crippen molar-refractivity contribution < 1.29 is 8.81 Å². The first kappa shape index (κ1) is 17.1. The highest BCUT2D eigenvalue weighted by atomic mass is 19.1. The molecule has 0 unspecified atom stereocenters. The SMILES string of the molecule is Fc1cccc(-c2ccc3nc([C@@H]4CCCN(Cc5ccoc5)C4)nn3c2)c1. The lowest BCUT2D eigenvalue weighted by Gasteiger charge is -2.30. The minimum Gasteiger partial charge on any atom is -0.472 e. The second-order valence-electron chi connectivity index (χ2n) is 7.41. The first-order valence-electron chi connectivity index (χ1n) is 9.60. The highest BCUT2D eigenvalue weighted by Gasteiger charge is 2.25. The van der Waals surface area contributed by atoms with Gasteiger partial charge in [-0.3, -0.25) is 4.90 Å². The monoisotopic (exact) mass is 376 g/mol. The molecular weight excluding hydrogens is 355 g/mol. The lowest BCUT2D eigenvalue weighted by Crippen LogP contribution is -2.34. The third kappa shape index (κ3) is 3.43. The predicted octanol–water partition coefficient (Wildman–Crippen LogP) is 4.51. The van der Waals surface area contributed by atoms with Crippen LogP contribution in [-0.4, -0.2) is 32.6 Å². The van der Waals surface area contributed by atoms with Gasteiger partial charge in [-0.1, -0.05) is 12.1 Å². The summed E-state index contributed by atoms with van der Waals surface area (Å²) in [6.07, 6.45) is 7.67. The molecule has 1 saturated heterocycles. The molecule has 1 aliphatic rings. The van der Waals surface area contributed by atoms with Crippen molar-refractivity contribution in [1.82, 2.24) is 19.5 Å². The summed E-state index contributed by atoms with van der Waals surface area (Å²) in [5.74, 6) is 0.961. The number of hydrogen-bond acceptors (Lipinski definition) is 4. The summed E-state index contributed by atoms with van der Waals surface area (Å²) in [5.41, 5.74) is 3.78. The highest BCUT2D eigenvalue weighted by molar-refractivity contribution is 5.64. The van der Waals surface area contributed by atoms with Crippen molar-refractivity contribution in [2.45, 2.75) is 25.3 Å². The Balaban J connectivity index is 1.38. The van der Waals surface area contributed by atoms with Crippen LogP contribution in [0.2, 0.25) is 0 Å². The number of fused-ring (bicyclic) bond motifs is 1. The molecule has 1 atom stereocenters. The molecular formula is C22H21FN4O. The van der Waals surface area contributed by atoms with E-state index in [4.69, 9.17) is 14.5 Å². The average Bonchev–Trinajstić information content (AvgIpc) is 3.37. The molecule has 0 spiro atoms. The number of halogens is 1. The number of hydrogen-bond donors (Lipinski definition) is 0. The van der Waals surface area contributed by atoms with E-state index in [1.54, 1.807) is 18.6 Å². The predicted molar refractivity (Wildman–Crippen MR) is 104 cm³/mol. The highest BCUT2D eigenvalue weighted by Crippen LogP contribution is 2.27. The second-order valence-corrected chi connectivity index (χ2v) is 7.41. The van der Waals surface area contributed by atoms with Crippen LogP contribution in [0, 0.1) is 5.82 Å². The van der Waals surface area contributed by atoms with E-state index in [0.717, 1.165) is 55.1 Å². The van der Waals surface area contributed by atoms with Gasteiger partial charge in [0.2, 0.25) is 0 Å². The van der Waals surface area contributed by atoms with Crippen molar-refractivity contribution >= 4 is 5.65 Å². The van der Waals surface area contributed by atoms with E-state index >= 15 is 0 Å². The molecule has 1 fully saturated rings. The zero-order valence-electron chi connectivity index (χ0n) is 15.5. The van der Waals surface area contributed by atoms with Gasteiger partial charge in [0.25, 0.3) is 0 Å². The fraction of sp³-hybridized carbons (Fsp3) is 0.273. The number of benzene rings is 1. The Kier molecular flexibility index (Phi) is 4.41. The molecule has 0 saturated carbocycles. The molecule has 1 aliphatic heterocycles. The third-order valence-electron chi connectivity index (χ3n) is 5.36. The summed E-state index contributed by atoms with van der Waals surface area (Å²) in [7, 11) is 0. The van der Waals surface area contributed by atoms with Gasteiger partial charge < -0.3 is 4.42 Å². The summed E-state index contributed by atoms with van der Waals surface area (Å²) in [6, 6.07) is 12.5. The summed E-state index contributed by atoms with van der Waals surface area (Å²) < 4.78 is 20.5. The zero-order chi connectivity index (χ0) is 18.9. The van der Waals surface area contributed by atoms with E-state index in [1.807, 2.05) is 35.0 Å². The molecule has 142 valence electrons. The molecule has 6 heteroatoms. The molecule has 4 aromatic rings. The van der Waals surface area contributed by atoms with Crippen LogP contribution >= 0.6 is 0 Å². The van der Waals surface area contributed by atoms with Crippen LogP contribution in [0.25, 0.3) is 16.8 Å². The molecule has 1 aromatic carbocycles. The standard InChI is InChI=1S/C22H21FN4O/c23-20-5-1-3-17(11-20)18-6-7-21-24-22(25-27(21)14-18)19-4-2-9-26(13-19)12-16-8-10-28-15-16/h1,3,5-8,10-11,14-15,19H,2,4,9,12-13H2/t19-/m1/s1. The first-order valence-corrected chi connectivity index (χ1v) is 9.60. The van der Waals surface area contributed by atoms with Crippen molar-refractivity contribution in [3.8, 4) is 11.1 Å². The lowest BCUT2D eigenvalue weighted by molar-refractivity contribution is 0.196. The Hall–Kier alpha value is -2.99. The molecule has 0 radical (unpaired) electrons. The van der Waals surface area contributed by atoms with Gasteiger partial charge in [-0.15, -0.1) is 0 Å². The van der Waals surface area contributed by atoms with E-state index in [2.05, 4.69) is 4.90 Å². The second kappa shape index (κ2) is 7.20. The molecule has 0 amide bonds. The van der Waals surface area contributed by atoms with E-state index < -0.39 is 0 Å². The summed E-state index contributed by atoms with van der Waals surface area (Å²) in [5, 5.41) is 4.74. The van der Waals surface area contributed by atoms with Crippen LogP contribution in [0.4, 0.5) is 4.39 Å². The number of pyridine rings is 1. The quantitative estimate of drug-likeness (QED) is 0.526. The van der Waals surface area contributed by atoms with E-state index in [-0.39, 0.29) is 5.82 Å². The fourth-order valence-electron chi connectivity index (χ4n) is 3.96. The van der Waals surface area contributed by atoms with Gasteiger partial charge in [0.1, 0.15) is 5.82 Å². The Morgan fingerprint density at radius 3 is 2.96 bits per heavy atom. The third-order valence-corrected chi connectivity index (χ3v) is 5.36. The average molecular weight is 376 g/mol. The zero-order valence-corrected chi connectivity index (χ0v) is 15.5. The molecule has 4 heterocycles. The minimum absolute atomic E-state index is 0.239. The van der Waals surface area contributed by atoms with Gasteiger partial charge in [-0.2, -0.15) is 5.10 Å². The van der Waals surface area contributed by atoms with Crippen LogP contribution in [0.5, 0.6) is 0 Å². The van der Waals surface area contributed by atoms with Gasteiger partial charge in [-0.05, 0) is 55.3 Å². The largest absolute Gasteiger partial charge is 0.472 e. The maximum Gasteiger partial charge on any atom is 0.156 e. The number of piperidine rings is 1. The van der Waals surface area contributed by atoms with Crippen LogP contribution < -0.4 is 0 Å². The van der Waals surface area contributed by atoms with Crippen molar-refractivity contribution in [1.29, 1.82) is 0 Å². The van der Waals surface area contributed by atoms with Gasteiger partial charge in [-0.25, -0.2) is 13.9 Å². The fourth-order valence-corrected chi connectivity index (χ4v) is 3.96. The molecule has 3 aromatic heterocycles. The summed E-state index contributed by atoms with van der Waals surface area (Å²) in [6.45, 7) is 2.92. The smallest absolute Gasteiger partial charge is 0.156 e. The number of rotatable bonds is 4. The van der Waals surface area contributed by atoms with Gasteiger partial charge in [0.15, 0.2) is 11.5 Å². The van der Waals surface area contributed by atoms with Crippen LogP contribution in [0.15, 0.2) is 65.6 Å². The van der Waals surface area contributed by atoms with Crippen molar-refractivity contribution in [2.24, 2.45) is 0 Å². The van der Waals surface area contributed by atoms with Gasteiger partial charge >= 0.3 is 0 Å². The minimum atomic E-state index is -0.239. The molecule has 5 nitrogen and oxygen atoms in total. The number of aromatic nitrogens is 3. The topological polar surface area (TPSA) is 46.6 Å². The lowest BCUT2D eigenvalue weighted by atomic mass is 9.97. The number of likely N-dealkylation sites (tertiary alicyclic amines) is 1. The maximum atomic E-state index is 13.5. The van der Waals surface area contributed by atoms with E-state index in [9.17, 15) is 4.39 Å². The van der Waals surface area contributed by atoms with Crippen molar-refractivity contribution in [3.63, 3.8) is 0 Å². The summed E-state index contributed by atoms with van der Waals surface area (Å²) in [4.78, 5) is 7.19. The molecule has 0 bridgehead atoms. The van der Waals surface area contributed by atoms with E-state index in [0.29, 0.717) is 5.92 Å². The number of furan rings is 1. The van der Waals surface area contributed by atoms with Gasteiger partial charge in [0.05, 0.1) is 12.5 Å². The molecule has 28 heavy (non-hydrogen) atoms. The van der Waals surface area contributed by atoms with Crippen LogP contribution in [-0.2, 0) is 6.54 Å². The Bertz CT molecular complexity index is 1090. The molecule has 0 aliphatic carbocycles. The Labute approximate surface area is 162 Å². The van der Waals surface area contributed by atoms with Gasteiger partial charge in [0, 0.05) is 36.3 Å². The number of nitrogens with zero attached hydrogens (tertiary/aromatic N) is 4. The Morgan fingerprint density at radius 2 is 2.11 bits per heavy atom. The normalized spacial score (nSPS) is 18.0. The molecule has 5 rings (SSSR count). The van der Waals surface area contributed by atoms with Crippen LogP contribution in [0.1, 0.15) is 30.1 Å². The van der Waals surface area contributed by atoms with E-state index in [1.165, 1.54) is 17.7 Å².